The van der Waals surface area contributed by atoms with E-state index in [2.05, 4.69) is 20.7 Å². The van der Waals surface area contributed by atoms with E-state index in [1.807, 2.05) is 0 Å². The Hall–Kier alpha value is -1.12. The third kappa shape index (κ3) is 3.92. The summed E-state index contributed by atoms with van der Waals surface area (Å²) in [5.74, 6) is -0.993. The first-order valence-electron chi connectivity index (χ1n) is 5.52. The van der Waals surface area contributed by atoms with E-state index in [0.717, 1.165) is 0 Å². The number of halogens is 1. The SMILES string of the molecule is CC(C)C(NS(=O)(=O)c1cc(Br)ccc1N)C(N)=O. The molecule has 19 heavy (non-hydrogen) atoms. The fourth-order valence-electron chi connectivity index (χ4n) is 1.49. The molecule has 6 nitrogen and oxygen atoms in total. The Balaban J connectivity index is 3.17. The summed E-state index contributed by atoms with van der Waals surface area (Å²) in [4.78, 5) is 11.2. The van der Waals surface area contributed by atoms with E-state index in [-0.39, 0.29) is 16.5 Å². The molecular formula is C11H16BrN3O3S. The van der Waals surface area contributed by atoms with Gasteiger partial charge in [0.1, 0.15) is 10.9 Å². The molecule has 1 unspecified atom stereocenters. The largest absolute Gasteiger partial charge is 0.398 e. The monoisotopic (exact) mass is 349 g/mol. The maximum atomic E-state index is 12.2. The molecule has 0 aliphatic rings. The van der Waals surface area contributed by atoms with Crippen LogP contribution in [0.2, 0.25) is 0 Å². The van der Waals surface area contributed by atoms with Crippen LogP contribution in [-0.4, -0.2) is 20.4 Å². The van der Waals surface area contributed by atoms with Crippen molar-refractivity contribution >= 4 is 37.5 Å². The van der Waals surface area contributed by atoms with Gasteiger partial charge in [-0.2, -0.15) is 4.72 Å². The van der Waals surface area contributed by atoms with Crippen molar-refractivity contribution in [2.45, 2.75) is 24.8 Å². The molecule has 0 aliphatic carbocycles. The highest BCUT2D eigenvalue weighted by molar-refractivity contribution is 9.10. The molecule has 0 radical (unpaired) electrons. The lowest BCUT2D eigenvalue weighted by Crippen LogP contribution is -2.47. The molecule has 106 valence electrons. The average Bonchev–Trinajstić information content (AvgIpc) is 2.28. The molecule has 0 saturated heterocycles. The zero-order valence-corrected chi connectivity index (χ0v) is 13.0. The summed E-state index contributed by atoms with van der Waals surface area (Å²) in [6.07, 6.45) is 0. The molecule has 8 heteroatoms. The lowest BCUT2D eigenvalue weighted by molar-refractivity contribution is -0.120. The summed E-state index contributed by atoms with van der Waals surface area (Å²) < 4.78 is 27.3. The highest BCUT2D eigenvalue weighted by Crippen LogP contribution is 2.23. The number of nitrogens with one attached hydrogen (secondary N) is 1. The van der Waals surface area contributed by atoms with Gasteiger partial charge in [0.15, 0.2) is 0 Å². The number of anilines is 1. The number of carbonyl (C=O) groups is 1. The molecule has 0 aliphatic heterocycles. The number of nitrogens with two attached hydrogens (primary N) is 2. The van der Waals surface area contributed by atoms with Gasteiger partial charge in [0.05, 0.1) is 5.69 Å². The Kier molecular flexibility index (Phi) is 4.94. The van der Waals surface area contributed by atoms with Crippen molar-refractivity contribution in [1.29, 1.82) is 0 Å². The zero-order valence-electron chi connectivity index (χ0n) is 10.6. The first-order valence-corrected chi connectivity index (χ1v) is 7.79. The number of hydrogen-bond acceptors (Lipinski definition) is 4. The van der Waals surface area contributed by atoms with E-state index >= 15 is 0 Å². The highest BCUT2D eigenvalue weighted by Gasteiger charge is 2.27. The highest BCUT2D eigenvalue weighted by atomic mass is 79.9. The van der Waals surface area contributed by atoms with E-state index in [1.165, 1.54) is 12.1 Å². The predicted molar refractivity (Wildman–Crippen MR) is 76.7 cm³/mol. The van der Waals surface area contributed by atoms with Crippen LogP contribution in [0.4, 0.5) is 5.69 Å². The average molecular weight is 350 g/mol. The fourth-order valence-corrected chi connectivity index (χ4v) is 3.52. The molecule has 0 fully saturated rings. The van der Waals surface area contributed by atoms with Crippen LogP contribution >= 0.6 is 15.9 Å². The van der Waals surface area contributed by atoms with Crippen LogP contribution < -0.4 is 16.2 Å². The van der Waals surface area contributed by atoms with Gasteiger partial charge in [0, 0.05) is 4.47 Å². The topological polar surface area (TPSA) is 115 Å². The van der Waals surface area contributed by atoms with Crippen LogP contribution in [0.3, 0.4) is 0 Å². The van der Waals surface area contributed by atoms with Gasteiger partial charge in [-0.05, 0) is 24.1 Å². The second-order valence-electron chi connectivity index (χ2n) is 4.43. The summed E-state index contributed by atoms with van der Waals surface area (Å²) in [5.41, 5.74) is 10.9. The van der Waals surface area contributed by atoms with Crippen LogP contribution in [0.1, 0.15) is 13.8 Å². The van der Waals surface area contributed by atoms with Crippen LogP contribution in [-0.2, 0) is 14.8 Å². The predicted octanol–water partition coefficient (Wildman–Crippen LogP) is 0.820. The molecule has 1 aromatic carbocycles. The number of benzene rings is 1. The van der Waals surface area contributed by atoms with E-state index in [0.29, 0.717) is 4.47 Å². The Morgan fingerprint density at radius 3 is 2.42 bits per heavy atom. The molecule has 0 aromatic heterocycles. The van der Waals surface area contributed by atoms with Crippen LogP contribution in [0.5, 0.6) is 0 Å². The molecule has 1 amide bonds. The van der Waals surface area contributed by atoms with Gasteiger partial charge in [-0.15, -0.1) is 0 Å². The second kappa shape index (κ2) is 5.89. The van der Waals surface area contributed by atoms with Gasteiger partial charge in [0.25, 0.3) is 0 Å². The summed E-state index contributed by atoms with van der Waals surface area (Å²) in [6.45, 7) is 3.39. The molecule has 5 N–H and O–H groups in total. The van der Waals surface area contributed by atoms with E-state index in [1.54, 1.807) is 19.9 Å². The molecule has 0 spiro atoms. The van der Waals surface area contributed by atoms with Gasteiger partial charge in [-0.1, -0.05) is 29.8 Å². The Bertz CT molecular complexity index is 587. The van der Waals surface area contributed by atoms with Crippen molar-refractivity contribution in [3.8, 4) is 0 Å². The van der Waals surface area contributed by atoms with Crippen molar-refractivity contribution < 1.29 is 13.2 Å². The summed E-state index contributed by atoms with van der Waals surface area (Å²) in [7, 11) is -3.91. The summed E-state index contributed by atoms with van der Waals surface area (Å²) in [5, 5.41) is 0. The first-order chi connectivity index (χ1) is 8.65. The molecule has 0 heterocycles. The first kappa shape index (κ1) is 15.9. The zero-order chi connectivity index (χ0) is 14.8. The minimum atomic E-state index is -3.91. The Morgan fingerprint density at radius 2 is 1.95 bits per heavy atom. The Labute approximate surface area is 120 Å². The maximum Gasteiger partial charge on any atom is 0.243 e. The van der Waals surface area contributed by atoms with Crippen LogP contribution in [0.25, 0.3) is 0 Å². The van der Waals surface area contributed by atoms with Crippen molar-refractivity contribution in [3.05, 3.63) is 22.7 Å². The van der Waals surface area contributed by atoms with Gasteiger partial charge in [0.2, 0.25) is 15.9 Å². The van der Waals surface area contributed by atoms with E-state index < -0.39 is 22.0 Å². The number of primary amides is 1. The number of amides is 1. The number of rotatable bonds is 5. The van der Waals surface area contributed by atoms with E-state index in [4.69, 9.17) is 11.5 Å². The smallest absolute Gasteiger partial charge is 0.243 e. The normalized spacial score (nSPS) is 13.5. The molecular weight excluding hydrogens is 334 g/mol. The fraction of sp³-hybridized carbons (Fsp3) is 0.364. The van der Waals surface area contributed by atoms with Gasteiger partial charge in [-0.25, -0.2) is 8.42 Å². The quantitative estimate of drug-likeness (QED) is 0.682. The molecule has 1 aromatic rings. The van der Waals surface area contributed by atoms with Crippen molar-refractivity contribution in [3.63, 3.8) is 0 Å². The van der Waals surface area contributed by atoms with Gasteiger partial charge in [-0.3, -0.25) is 4.79 Å². The van der Waals surface area contributed by atoms with E-state index in [9.17, 15) is 13.2 Å². The third-order valence-electron chi connectivity index (χ3n) is 2.52. The number of sulfonamides is 1. The second-order valence-corrected chi connectivity index (χ2v) is 7.03. The van der Waals surface area contributed by atoms with Crippen molar-refractivity contribution in [2.24, 2.45) is 11.7 Å². The lowest BCUT2D eigenvalue weighted by atomic mass is 10.1. The Morgan fingerprint density at radius 1 is 1.37 bits per heavy atom. The van der Waals surface area contributed by atoms with Crippen LogP contribution in [0, 0.1) is 5.92 Å². The number of carbonyl (C=O) groups excluding carboxylic acids is 1. The molecule has 0 saturated carbocycles. The number of hydrogen-bond donors (Lipinski definition) is 3. The van der Waals surface area contributed by atoms with Crippen molar-refractivity contribution in [2.75, 3.05) is 5.73 Å². The van der Waals surface area contributed by atoms with Gasteiger partial charge < -0.3 is 11.5 Å². The molecule has 0 bridgehead atoms. The third-order valence-corrected chi connectivity index (χ3v) is 4.51. The standard InChI is InChI=1S/C11H16BrN3O3S/c1-6(2)10(11(14)16)15-19(17,18)9-5-7(12)3-4-8(9)13/h3-6,10,15H,13H2,1-2H3,(H2,14,16). The number of nitrogen functional groups attached to an aromatic ring is 1. The molecule has 1 atom stereocenters. The van der Waals surface area contributed by atoms with Gasteiger partial charge >= 0.3 is 0 Å². The minimum Gasteiger partial charge on any atom is -0.398 e. The summed E-state index contributed by atoms with van der Waals surface area (Å²) in [6, 6.07) is 3.48. The molecule has 1 rings (SSSR count). The lowest BCUT2D eigenvalue weighted by Gasteiger charge is -2.19. The minimum absolute atomic E-state index is 0.0891. The van der Waals surface area contributed by atoms with Crippen LogP contribution in [0.15, 0.2) is 27.6 Å². The van der Waals surface area contributed by atoms with Crippen molar-refractivity contribution in [1.82, 2.24) is 4.72 Å². The maximum absolute atomic E-state index is 12.2. The summed E-state index contributed by atoms with van der Waals surface area (Å²) >= 11 is 3.17.